The lowest BCUT2D eigenvalue weighted by Gasteiger charge is -2.07. The molecule has 120 valence electrons. The first-order valence-corrected chi connectivity index (χ1v) is 9.04. The minimum absolute atomic E-state index is 0.251. The Morgan fingerprint density at radius 1 is 1.18 bits per heavy atom. The van der Waals surface area contributed by atoms with Crippen molar-refractivity contribution < 1.29 is 8.42 Å². The molecule has 2 aromatic rings. The Labute approximate surface area is 132 Å². The summed E-state index contributed by atoms with van der Waals surface area (Å²) in [6.45, 7) is 7.11. The summed E-state index contributed by atoms with van der Waals surface area (Å²) < 4.78 is 28.9. The van der Waals surface area contributed by atoms with Crippen LogP contribution in [0.1, 0.15) is 32.8 Å². The van der Waals surface area contributed by atoms with Gasteiger partial charge in [0.1, 0.15) is 0 Å². The molecule has 0 fully saturated rings. The third-order valence-electron chi connectivity index (χ3n) is 3.46. The van der Waals surface area contributed by atoms with Crippen molar-refractivity contribution in [3.63, 3.8) is 0 Å². The normalized spacial score (nSPS) is 11.8. The van der Waals surface area contributed by atoms with Crippen molar-refractivity contribution in [2.45, 2.75) is 45.1 Å². The molecule has 0 atom stereocenters. The van der Waals surface area contributed by atoms with E-state index in [4.69, 9.17) is 0 Å². The Balaban J connectivity index is 2.08. The maximum Gasteiger partial charge on any atom is 0.263 e. The Morgan fingerprint density at radius 2 is 1.86 bits per heavy atom. The molecule has 1 N–H and O–H groups in total. The number of aryl methyl sites for hydroxylation is 2. The summed E-state index contributed by atoms with van der Waals surface area (Å²) in [4.78, 5) is 0.251. The van der Waals surface area contributed by atoms with Gasteiger partial charge in [-0.2, -0.15) is 5.10 Å². The zero-order valence-corrected chi connectivity index (χ0v) is 14.1. The fraction of sp³-hybridized carbons (Fsp3) is 0.438. The number of anilines is 1. The number of nitrogens with zero attached hydrogens (tertiary/aromatic N) is 2. The van der Waals surface area contributed by atoms with E-state index in [0.29, 0.717) is 11.7 Å². The maximum atomic E-state index is 12.3. The molecule has 1 heterocycles. The van der Waals surface area contributed by atoms with Gasteiger partial charge in [0.15, 0.2) is 5.82 Å². The molecule has 0 unspecified atom stereocenters. The fourth-order valence-electron chi connectivity index (χ4n) is 2.03. The average Bonchev–Trinajstić information content (AvgIpc) is 2.92. The Hall–Kier alpha value is -1.82. The lowest BCUT2D eigenvalue weighted by Crippen LogP contribution is -2.14. The summed E-state index contributed by atoms with van der Waals surface area (Å²) in [7, 11) is -3.58. The lowest BCUT2D eigenvalue weighted by atomic mass is 10.1. The number of hydrogen-bond acceptors (Lipinski definition) is 3. The summed E-state index contributed by atoms with van der Waals surface area (Å²) in [5.41, 5.74) is 1.11. The summed E-state index contributed by atoms with van der Waals surface area (Å²) in [5, 5.41) is 4.25. The first-order chi connectivity index (χ1) is 10.4. The minimum atomic E-state index is -3.58. The van der Waals surface area contributed by atoms with E-state index in [0.717, 1.165) is 24.9 Å². The van der Waals surface area contributed by atoms with E-state index < -0.39 is 10.0 Å². The summed E-state index contributed by atoms with van der Waals surface area (Å²) in [6.07, 6.45) is 3.68. The van der Waals surface area contributed by atoms with Gasteiger partial charge in [0, 0.05) is 18.8 Å². The Kier molecular flexibility index (Phi) is 5.24. The van der Waals surface area contributed by atoms with Gasteiger partial charge in [-0.15, -0.1) is 0 Å². The third kappa shape index (κ3) is 4.34. The highest BCUT2D eigenvalue weighted by atomic mass is 32.2. The number of benzene rings is 1. The Bertz CT molecular complexity index is 703. The average molecular weight is 321 g/mol. The van der Waals surface area contributed by atoms with E-state index in [1.54, 1.807) is 29.1 Å². The monoisotopic (exact) mass is 321 g/mol. The minimum Gasteiger partial charge on any atom is -0.271 e. The smallest absolute Gasteiger partial charge is 0.263 e. The number of nitrogens with one attached hydrogen (secondary N) is 1. The van der Waals surface area contributed by atoms with Crippen LogP contribution in [0.25, 0.3) is 0 Å². The first-order valence-electron chi connectivity index (χ1n) is 7.56. The third-order valence-corrected chi connectivity index (χ3v) is 4.83. The van der Waals surface area contributed by atoms with Gasteiger partial charge in [-0.05, 0) is 36.5 Å². The maximum absolute atomic E-state index is 12.3. The van der Waals surface area contributed by atoms with Crippen LogP contribution in [-0.4, -0.2) is 18.2 Å². The van der Waals surface area contributed by atoms with Crippen LogP contribution in [0.5, 0.6) is 0 Å². The summed E-state index contributed by atoms with van der Waals surface area (Å²) >= 11 is 0. The zero-order chi connectivity index (χ0) is 16.2. The number of aromatic nitrogens is 2. The molecule has 0 saturated carbocycles. The SMILES string of the molecule is CCc1ccc(S(=O)(=O)Nc2ccn(CCC(C)C)n2)cc1. The highest BCUT2D eigenvalue weighted by Gasteiger charge is 2.15. The van der Waals surface area contributed by atoms with Crippen molar-refractivity contribution in [3.8, 4) is 0 Å². The second-order valence-corrected chi connectivity index (χ2v) is 7.43. The van der Waals surface area contributed by atoms with Crippen LogP contribution in [0.15, 0.2) is 41.4 Å². The fourth-order valence-corrected chi connectivity index (χ4v) is 3.03. The van der Waals surface area contributed by atoms with Gasteiger partial charge in [0.2, 0.25) is 0 Å². The highest BCUT2D eigenvalue weighted by molar-refractivity contribution is 7.92. The van der Waals surface area contributed by atoms with E-state index in [1.807, 2.05) is 19.1 Å². The molecule has 1 aromatic carbocycles. The number of hydrogen-bond donors (Lipinski definition) is 1. The van der Waals surface area contributed by atoms with E-state index >= 15 is 0 Å². The molecule has 0 spiro atoms. The molecule has 2 rings (SSSR count). The molecule has 0 radical (unpaired) electrons. The molecular weight excluding hydrogens is 298 g/mol. The molecule has 0 aliphatic heterocycles. The van der Waals surface area contributed by atoms with Crippen molar-refractivity contribution in [1.29, 1.82) is 0 Å². The molecule has 0 bridgehead atoms. The van der Waals surface area contributed by atoms with Gasteiger partial charge in [-0.1, -0.05) is 32.9 Å². The summed E-state index contributed by atoms with van der Waals surface area (Å²) in [5.74, 6) is 0.935. The highest BCUT2D eigenvalue weighted by Crippen LogP contribution is 2.15. The van der Waals surface area contributed by atoms with Crippen molar-refractivity contribution in [1.82, 2.24) is 9.78 Å². The molecule has 0 aliphatic carbocycles. The van der Waals surface area contributed by atoms with Gasteiger partial charge >= 0.3 is 0 Å². The van der Waals surface area contributed by atoms with Crippen LogP contribution in [0.2, 0.25) is 0 Å². The second kappa shape index (κ2) is 6.96. The second-order valence-electron chi connectivity index (χ2n) is 5.75. The van der Waals surface area contributed by atoms with Crippen LogP contribution in [-0.2, 0) is 23.0 Å². The quantitative estimate of drug-likeness (QED) is 0.851. The van der Waals surface area contributed by atoms with Crippen molar-refractivity contribution in [2.75, 3.05) is 4.72 Å². The number of sulfonamides is 1. The first kappa shape index (κ1) is 16.5. The molecule has 5 nitrogen and oxygen atoms in total. The molecule has 0 amide bonds. The van der Waals surface area contributed by atoms with Crippen LogP contribution < -0.4 is 4.72 Å². The Morgan fingerprint density at radius 3 is 2.45 bits per heavy atom. The van der Waals surface area contributed by atoms with E-state index in [9.17, 15) is 8.42 Å². The van der Waals surface area contributed by atoms with Crippen molar-refractivity contribution in [2.24, 2.45) is 5.92 Å². The predicted molar refractivity (Wildman–Crippen MR) is 88.3 cm³/mol. The van der Waals surface area contributed by atoms with Gasteiger partial charge in [-0.25, -0.2) is 8.42 Å². The van der Waals surface area contributed by atoms with Gasteiger partial charge in [0.05, 0.1) is 4.90 Å². The van der Waals surface area contributed by atoms with Crippen LogP contribution in [0, 0.1) is 5.92 Å². The van der Waals surface area contributed by atoms with E-state index in [1.165, 1.54) is 0 Å². The van der Waals surface area contributed by atoms with E-state index in [2.05, 4.69) is 23.7 Å². The molecule has 22 heavy (non-hydrogen) atoms. The topological polar surface area (TPSA) is 64.0 Å². The van der Waals surface area contributed by atoms with E-state index in [-0.39, 0.29) is 4.90 Å². The predicted octanol–water partition coefficient (Wildman–Crippen LogP) is 3.29. The van der Waals surface area contributed by atoms with Crippen molar-refractivity contribution in [3.05, 3.63) is 42.1 Å². The molecule has 1 aromatic heterocycles. The molecule has 0 saturated heterocycles. The van der Waals surface area contributed by atoms with Gasteiger partial charge < -0.3 is 0 Å². The summed E-state index contributed by atoms with van der Waals surface area (Å²) in [6, 6.07) is 8.58. The number of rotatable bonds is 7. The largest absolute Gasteiger partial charge is 0.271 e. The van der Waals surface area contributed by atoms with Crippen LogP contribution in [0.4, 0.5) is 5.82 Å². The molecule has 0 aliphatic rings. The molecular formula is C16H23N3O2S. The lowest BCUT2D eigenvalue weighted by molar-refractivity contribution is 0.488. The van der Waals surface area contributed by atoms with Gasteiger partial charge in [0.25, 0.3) is 10.0 Å². The van der Waals surface area contributed by atoms with Crippen LogP contribution in [0.3, 0.4) is 0 Å². The molecule has 6 heteroatoms. The zero-order valence-electron chi connectivity index (χ0n) is 13.3. The standard InChI is InChI=1S/C16H23N3O2S/c1-4-14-5-7-15(8-6-14)22(20,21)18-16-10-12-19(17-16)11-9-13(2)3/h5-8,10,12-13H,4,9,11H2,1-3H3,(H,17,18). The van der Waals surface area contributed by atoms with Crippen molar-refractivity contribution >= 4 is 15.8 Å². The van der Waals surface area contributed by atoms with Crippen LogP contribution >= 0.6 is 0 Å². The van der Waals surface area contributed by atoms with Gasteiger partial charge in [-0.3, -0.25) is 9.40 Å².